The lowest BCUT2D eigenvalue weighted by atomic mass is 9.77. The Bertz CT molecular complexity index is 1190. The average molecular weight is 511 g/mol. The van der Waals surface area contributed by atoms with E-state index in [4.69, 9.17) is 0 Å². The second kappa shape index (κ2) is 15.1. The van der Waals surface area contributed by atoms with Crippen LogP contribution in [-0.4, -0.2) is 0 Å². The third kappa shape index (κ3) is 8.46. The van der Waals surface area contributed by atoms with E-state index in [-0.39, 0.29) is 5.82 Å². The molecule has 0 nitrogen and oxygen atoms in total. The minimum absolute atomic E-state index is 0.199. The molecule has 0 atom stereocenters. The summed E-state index contributed by atoms with van der Waals surface area (Å²) in [6.45, 7) is 4.53. The summed E-state index contributed by atoms with van der Waals surface area (Å²) in [4.78, 5) is 0. The maximum Gasteiger partial charge on any atom is 0.146 e. The van der Waals surface area contributed by atoms with Crippen LogP contribution >= 0.6 is 0 Å². The van der Waals surface area contributed by atoms with E-state index in [0.717, 1.165) is 35.6 Å². The van der Waals surface area contributed by atoms with Crippen molar-refractivity contribution in [1.29, 1.82) is 0 Å². The fourth-order valence-corrected chi connectivity index (χ4v) is 6.11. The third-order valence-electron chi connectivity index (χ3n) is 8.66. The van der Waals surface area contributed by atoms with Gasteiger partial charge in [0, 0.05) is 10.9 Å². The number of hydrogen-bond acceptors (Lipinski definition) is 0. The molecule has 3 aromatic carbocycles. The quantitative estimate of drug-likeness (QED) is 0.168. The van der Waals surface area contributed by atoms with Crippen molar-refractivity contribution in [2.24, 2.45) is 11.8 Å². The van der Waals surface area contributed by atoms with Crippen molar-refractivity contribution in [3.8, 4) is 11.8 Å². The van der Waals surface area contributed by atoms with E-state index in [1.165, 1.54) is 94.6 Å². The molecule has 0 saturated heterocycles. The molecule has 1 aliphatic carbocycles. The van der Waals surface area contributed by atoms with Gasteiger partial charge in [-0.2, -0.15) is 0 Å². The Labute approximate surface area is 231 Å². The van der Waals surface area contributed by atoms with E-state index >= 15 is 4.39 Å². The molecule has 0 radical (unpaired) electrons. The topological polar surface area (TPSA) is 0 Å². The van der Waals surface area contributed by atoms with Gasteiger partial charge in [0.25, 0.3) is 0 Å². The fourth-order valence-electron chi connectivity index (χ4n) is 6.11. The van der Waals surface area contributed by atoms with Crippen molar-refractivity contribution in [1.82, 2.24) is 0 Å². The van der Waals surface area contributed by atoms with E-state index < -0.39 is 0 Å². The molecular weight excluding hydrogens is 463 g/mol. The molecule has 0 heterocycles. The number of halogens is 1. The second-order valence-corrected chi connectivity index (χ2v) is 11.7. The minimum atomic E-state index is -0.199. The summed E-state index contributed by atoms with van der Waals surface area (Å²) in [5, 5.41) is 1.66. The van der Waals surface area contributed by atoms with Gasteiger partial charge in [-0.05, 0) is 72.2 Å². The number of unbranched alkanes of at least 4 members (excludes halogenated alkanes) is 5. The predicted octanol–water partition coefficient (Wildman–Crippen LogP) is 10.8. The molecule has 1 aliphatic rings. The summed E-state index contributed by atoms with van der Waals surface area (Å²) >= 11 is 0. The van der Waals surface area contributed by atoms with Gasteiger partial charge in [-0.3, -0.25) is 0 Å². The molecule has 38 heavy (non-hydrogen) atoms. The molecule has 0 aromatic heterocycles. The highest BCUT2D eigenvalue weighted by Crippen LogP contribution is 2.34. The zero-order valence-corrected chi connectivity index (χ0v) is 23.8. The van der Waals surface area contributed by atoms with Gasteiger partial charge in [0.05, 0.1) is 5.56 Å². The van der Waals surface area contributed by atoms with Gasteiger partial charge >= 0.3 is 0 Å². The van der Waals surface area contributed by atoms with Crippen LogP contribution in [0.2, 0.25) is 0 Å². The second-order valence-electron chi connectivity index (χ2n) is 11.7. The van der Waals surface area contributed by atoms with E-state index in [9.17, 15) is 0 Å². The van der Waals surface area contributed by atoms with Crippen molar-refractivity contribution in [2.45, 2.75) is 110 Å². The van der Waals surface area contributed by atoms with Gasteiger partial charge in [0.1, 0.15) is 5.82 Å². The van der Waals surface area contributed by atoms with Gasteiger partial charge in [0.2, 0.25) is 0 Å². The van der Waals surface area contributed by atoms with E-state index in [1.54, 1.807) is 0 Å². The molecule has 0 N–H and O–H groups in total. The molecule has 0 spiro atoms. The highest BCUT2D eigenvalue weighted by molar-refractivity contribution is 5.85. The lowest BCUT2D eigenvalue weighted by Crippen LogP contribution is -2.15. The normalized spacial score (nSPS) is 17.3. The Morgan fingerprint density at radius 2 is 1.34 bits per heavy atom. The van der Waals surface area contributed by atoms with E-state index in [2.05, 4.69) is 62.1 Å². The molecule has 3 aromatic rings. The Kier molecular flexibility index (Phi) is 11.3. The number of benzene rings is 3. The summed E-state index contributed by atoms with van der Waals surface area (Å²) in [5.41, 5.74) is 4.10. The van der Waals surface area contributed by atoms with Gasteiger partial charge in [0.15, 0.2) is 0 Å². The zero-order valence-electron chi connectivity index (χ0n) is 23.8. The smallest absolute Gasteiger partial charge is 0.146 e. The van der Waals surface area contributed by atoms with E-state index in [0.29, 0.717) is 10.9 Å². The fraction of sp³-hybridized carbons (Fsp3) is 0.514. The number of hydrogen-bond donors (Lipinski definition) is 0. The van der Waals surface area contributed by atoms with Crippen molar-refractivity contribution < 1.29 is 4.39 Å². The predicted molar refractivity (Wildman–Crippen MR) is 162 cm³/mol. The molecule has 0 amide bonds. The molecular formula is C37H47F. The zero-order chi connectivity index (χ0) is 26.6. The average Bonchev–Trinajstić information content (AvgIpc) is 2.95. The minimum Gasteiger partial charge on any atom is -0.205 e. The Hall–Kier alpha value is -2.59. The molecule has 1 heteroatoms. The number of rotatable bonds is 12. The van der Waals surface area contributed by atoms with Crippen molar-refractivity contribution in [3.05, 3.63) is 82.7 Å². The Balaban J connectivity index is 1.31. The monoisotopic (exact) mass is 510 g/mol. The lowest BCUT2D eigenvalue weighted by Gasteiger charge is -2.28. The van der Waals surface area contributed by atoms with Crippen LogP contribution in [0.25, 0.3) is 10.8 Å². The van der Waals surface area contributed by atoms with Crippen LogP contribution in [0.5, 0.6) is 0 Å². The van der Waals surface area contributed by atoms with Gasteiger partial charge in [-0.1, -0.05) is 133 Å². The van der Waals surface area contributed by atoms with E-state index in [1.807, 2.05) is 18.2 Å². The van der Waals surface area contributed by atoms with Crippen LogP contribution in [0, 0.1) is 29.5 Å². The summed E-state index contributed by atoms with van der Waals surface area (Å²) in [7, 11) is 0. The molecule has 202 valence electrons. The van der Waals surface area contributed by atoms with Crippen LogP contribution in [-0.2, 0) is 12.8 Å². The molecule has 4 rings (SSSR count). The molecule has 0 bridgehead atoms. The first-order valence-corrected chi connectivity index (χ1v) is 15.5. The standard InChI is InChI=1S/C37H47F/c1-3-5-7-9-11-30-14-18-32(19-15-30)22-24-34-25-26-35-28-33(23-27-36(35)37(34)38)21-20-31-16-12-29(13-17-31)10-8-6-4-2/h14-15,18-19,23,25-29,31H,3-13,16-17,20-21H2,1-2H3. The first-order valence-electron chi connectivity index (χ1n) is 15.5. The van der Waals surface area contributed by atoms with Crippen LogP contribution in [0.4, 0.5) is 4.39 Å². The first kappa shape index (κ1) is 28.4. The Morgan fingerprint density at radius 3 is 2.08 bits per heavy atom. The number of aryl methyl sites for hydroxylation is 2. The Morgan fingerprint density at radius 1 is 0.658 bits per heavy atom. The molecule has 1 saturated carbocycles. The van der Waals surface area contributed by atoms with Crippen molar-refractivity contribution in [3.63, 3.8) is 0 Å². The summed E-state index contributed by atoms with van der Waals surface area (Å²) in [6, 6.07) is 18.6. The lowest BCUT2D eigenvalue weighted by molar-refractivity contribution is 0.249. The van der Waals surface area contributed by atoms with Gasteiger partial charge < -0.3 is 0 Å². The number of fused-ring (bicyclic) bond motifs is 1. The van der Waals surface area contributed by atoms with Crippen LogP contribution in [0.3, 0.4) is 0 Å². The highest BCUT2D eigenvalue weighted by atomic mass is 19.1. The van der Waals surface area contributed by atoms with Crippen LogP contribution in [0.1, 0.15) is 120 Å². The molecule has 1 fully saturated rings. The van der Waals surface area contributed by atoms with Gasteiger partial charge in [-0.25, -0.2) is 4.39 Å². The van der Waals surface area contributed by atoms with Crippen molar-refractivity contribution >= 4 is 10.8 Å². The maximum absolute atomic E-state index is 15.3. The maximum atomic E-state index is 15.3. The summed E-state index contributed by atoms with van der Waals surface area (Å²) in [5.74, 6) is 7.87. The van der Waals surface area contributed by atoms with Crippen LogP contribution in [0.15, 0.2) is 54.6 Å². The highest BCUT2D eigenvalue weighted by Gasteiger charge is 2.20. The SMILES string of the molecule is CCCCCCc1ccc(C#Cc2ccc3cc(CCC4CCC(CCCCC)CC4)ccc3c2F)cc1. The van der Waals surface area contributed by atoms with Gasteiger partial charge in [-0.15, -0.1) is 0 Å². The molecule has 0 unspecified atom stereocenters. The van der Waals surface area contributed by atoms with Crippen LogP contribution < -0.4 is 0 Å². The largest absolute Gasteiger partial charge is 0.205 e. The van der Waals surface area contributed by atoms with Crippen molar-refractivity contribution in [2.75, 3.05) is 0 Å². The summed E-state index contributed by atoms with van der Waals surface area (Å²) < 4.78 is 15.3. The first-order chi connectivity index (χ1) is 18.7. The summed E-state index contributed by atoms with van der Waals surface area (Å²) in [6.07, 6.45) is 19.8. The molecule has 0 aliphatic heterocycles. The third-order valence-corrected chi connectivity index (χ3v) is 8.66.